The summed E-state index contributed by atoms with van der Waals surface area (Å²) in [6.07, 6.45) is 2.04. The van der Waals surface area contributed by atoms with Crippen molar-refractivity contribution in [1.29, 1.82) is 0 Å². The standard InChI is InChI=1S/C8H8N2S2.4BFH2O2/c1-5-9-7(11-2)6-3-4-12-8(6)10-5;4*2-1(3)4/h3-4H,1-2H3;4*3-4H. The molecule has 0 aliphatic carbocycles. The fourth-order valence-corrected chi connectivity index (χ4v) is 2.57. The molecule has 20 heteroatoms. The van der Waals surface area contributed by atoms with Gasteiger partial charge in [0.05, 0.1) is 0 Å². The van der Waals surface area contributed by atoms with Crippen LogP contribution in [0.25, 0.3) is 10.2 Å². The molecule has 10 nitrogen and oxygen atoms in total. The Morgan fingerprint density at radius 3 is 1.50 bits per heavy atom. The van der Waals surface area contributed by atoms with Crippen molar-refractivity contribution in [1.82, 2.24) is 9.97 Å². The van der Waals surface area contributed by atoms with Crippen LogP contribution in [0.5, 0.6) is 0 Å². The predicted molar refractivity (Wildman–Crippen MR) is 99.1 cm³/mol. The molecule has 0 saturated carbocycles. The highest BCUT2D eigenvalue weighted by Gasteiger charge is 2.04. The molecule has 0 spiro atoms. The summed E-state index contributed by atoms with van der Waals surface area (Å²) in [5.74, 6) is 0.856. The molecule has 0 unspecified atom stereocenters. The van der Waals surface area contributed by atoms with Crippen molar-refractivity contribution >= 4 is 62.9 Å². The van der Waals surface area contributed by atoms with Crippen molar-refractivity contribution in [3.05, 3.63) is 17.3 Å². The zero-order valence-electron chi connectivity index (χ0n) is 14.3. The summed E-state index contributed by atoms with van der Waals surface area (Å²) in [5, 5.41) is 59.9. The van der Waals surface area contributed by atoms with E-state index >= 15 is 0 Å². The Bertz CT molecular complexity index is 584. The molecule has 2 heterocycles. The Labute approximate surface area is 166 Å². The van der Waals surface area contributed by atoms with Crippen molar-refractivity contribution in [3.63, 3.8) is 0 Å². The third-order valence-corrected chi connectivity index (χ3v) is 3.10. The van der Waals surface area contributed by atoms with E-state index in [1.54, 1.807) is 23.1 Å². The summed E-state index contributed by atoms with van der Waals surface area (Å²) in [7, 11) is -10.7. The number of nitrogens with zero attached hydrogens (tertiary/aromatic N) is 2. The second-order valence-corrected chi connectivity index (χ2v) is 5.35. The van der Waals surface area contributed by atoms with Gasteiger partial charge in [-0.15, -0.1) is 23.1 Å². The van der Waals surface area contributed by atoms with Gasteiger partial charge in [-0.1, -0.05) is 0 Å². The highest BCUT2D eigenvalue weighted by molar-refractivity contribution is 7.98. The first-order chi connectivity index (χ1) is 12.7. The van der Waals surface area contributed by atoms with Crippen LogP contribution in [0.2, 0.25) is 0 Å². The zero-order chi connectivity index (χ0) is 22.9. The lowest BCUT2D eigenvalue weighted by atomic mass is 10.3. The van der Waals surface area contributed by atoms with E-state index in [2.05, 4.69) is 21.4 Å². The number of rotatable bonds is 1. The fourth-order valence-electron chi connectivity index (χ4n) is 1.09. The largest absolute Gasteiger partial charge is 0.674 e. The van der Waals surface area contributed by atoms with E-state index < -0.39 is 29.6 Å². The van der Waals surface area contributed by atoms with Gasteiger partial charge in [-0.3, -0.25) is 17.3 Å². The molecule has 2 aromatic rings. The maximum absolute atomic E-state index is 10.1. The number of hydrogen-bond donors (Lipinski definition) is 8. The van der Waals surface area contributed by atoms with Gasteiger partial charge >= 0.3 is 29.6 Å². The van der Waals surface area contributed by atoms with Crippen LogP contribution in [0.15, 0.2) is 16.5 Å². The molecule has 2 aromatic heterocycles. The molecular weight excluding hydrogens is 435 g/mol. The Morgan fingerprint density at radius 1 is 0.821 bits per heavy atom. The molecule has 0 aromatic carbocycles. The number of aromatic nitrogens is 2. The predicted octanol–water partition coefficient (Wildman–Crippen LogP) is -1.58. The van der Waals surface area contributed by atoms with Gasteiger partial charge in [0, 0.05) is 5.39 Å². The Morgan fingerprint density at radius 2 is 1.18 bits per heavy atom. The van der Waals surface area contributed by atoms with Gasteiger partial charge in [0.15, 0.2) is 0 Å². The third kappa shape index (κ3) is 27.3. The SMILES string of the molecule is CSc1nc(C)nc2sccc12.OB(O)F.OB(O)F.OB(O)F.OB(O)F. The first-order valence-electron chi connectivity index (χ1n) is 6.51. The fraction of sp³-hybridized carbons (Fsp3) is 0.250. The van der Waals surface area contributed by atoms with E-state index in [9.17, 15) is 17.3 Å². The normalized spacial score (nSPS) is 8.50. The molecule has 28 heavy (non-hydrogen) atoms. The summed E-state index contributed by atoms with van der Waals surface area (Å²) < 4.78 is 40.4. The highest BCUT2D eigenvalue weighted by Crippen LogP contribution is 2.26. The molecule has 0 aliphatic heterocycles. The van der Waals surface area contributed by atoms with Gasteiger partial charge in [-0.25, -0.2) is 9.97 Å². The third-order valence-electron chi connectivity index (χ3n) is 1.60. The molecule has 0 atom stereocenters. The summed E-state index contributed by atoms with van der Waals surface area (Å²) in [5.41, 5.74) is 0. The number of halogens is 4. The van der Waals surface area contributed by atoms with Crippen LogP contribution in [-0.4, -0.2) is 86.0 Å². The van der Waals surface area contributed by atoms with Gasteiger partial charge in [-0.05, 0) is 24.6 Å². The summed E-state index contributed by atoms with van der Waals surface area (Å²) in [6.45, 7) is 1.93. The molecule has 8 N–H and O–H groups in total. The van der Waals surface area contributed by atoms with Gasteiger partial charge in [0.25, 0.3) is 0 Å². The molecule has 0 bridgehead atoms. The molecule has 2 rings (SSSR count). The lowest BCUT2D eigenvalue weighted by Gasteiger charge is -1.98. The van der Waals surface area contributed by atoms with Gasteiger partial charge in [0.1, 0.15) is 15.7 Å². The van der Waals surface area contributed by atoms with E-state index in [0.717, 1.165) is 15.7 Å². The van der Waals surface area contributed by atoms with Crippen LogP contribution in [0.1, 0.15) is 5.82 Å². The van der Waals surface area contributed by atoms with Gasteiger partial charge in [0.2, 0.25) is 0 Å². The number of hydrogen-bond acceptors (Lipinski definition) is 12. The molecule has 0 aliphatic rings. The smallest absolute Gasteiger partial charge is 0.398 e. The molecule has 158 valence electrons. The number of aryl methyl sites for hydroxylation is 1. The maximum atomic E-state index is 10.1. The van der Waals surface area contributed by atoms with Crippen LogP contribution in [0.3, 0.4) is 0 Å². The van der Waals surface area contributed by atoms with E-state index in [1.807, 2.05) is 13.2 Å². The van der Waals surface area contributed by atoms with Gasteiger partial charge in [-0.2, -0.15) is 0 Å². The summed E-state index contributed by atoms with van der Waals surface area (Å²) in [4.78, 5) is 9.78. The molecule has 0 saturated heterocycles. The molecule has 0 amide bonds. The minimum absolute atomic E-state index is 0.856. The van der Waals surface area contributed by atoms with Crippen molar-refractivity contribution < 1.29 is 57.5 Å². The Kier molecular flexibility index (Phi) is 22.0. The number of fused-ring (bicyclic) bond motifs is 1. The Hall–Kier alpha value is -0.950. The molecule has 0 fully saturated rings. The van der Waals surface area contributed by atoms with Crippen LogP contribution in [0.4, 0.5) is 17.3 Å². The zero-order valence-corrected chi connectivity index (χ0v) is 15.9. The topological polar surface area (TPSA) is 188 Å². The van der Waals surface area contributed by atoms with Crippen LogP contribution < -0.4 is 0 Å². The first kappa shape index (κ1) is 31.7. The van der Waals surface area contributed by atoms with Crippen LogP contribution in [0, 0.1) is 6.92 Å². The average Bonchev–Trinajstić information content (AvgIpc) is 2.92. The lowest BCUT2D eigenvalue weighted by Crippen LogP contribution is -1.98. The highest BCUT2D eigenvalue weighted by atomic mass is 32.2. The van der Waals surface area contributed by atoms with Crippen molar-refractivity contribution in [2.45, 2.75) is 11.9 Å². The first-order valence-corrected chi connectivity index (χ1v) is 8.61. The number of thiophene rings is 1. The monoisotopic (exact) mass is 452 g/mol. The molecule has 0 radical (unpaired) electrons. The Balaban J connectivity index is -0.000000328. The quantitative estimate of drug-likeness (QED) is 0.108. The second-order valence-electron chi connectivity index (χ2n) is 3.66. The lowest BCUT2D eigenvalue weighted by molar-refractivity contribution is 0.338. The summed E-state index contributed by atoms with van der Waals surface area (Å²) in [6, 6.07) is 2.07. The van der Waals surface area contributed by atoms with Crippen molar-refractivity contribution in [3.8, 4) is 0 Å². The van der Waals surface area contributed by atoms with Crippen molar-refractivity contribution in [2.75, 3.05) is 6.26 Å². The van der Waals surface area contributed by atoms with E-state index in [-0.39, 0.29) is 0 Å². The maximum Gasteiger partial charge on any atom is 0.674 e. The van der Waals surface area contributed by atoms with Crippen molar-refractivity contribution in [2.24, 2.45) is 0 Å². The minimum atomic E-state index is -2.67. The van der Waals surface area contributed by atoms with Gasteiger partial charge < -0.3 is 40.2 Å². The average molecular weight is 452 g/mol. The van der Waals surface area contributed by atoms with E-state index in [1.165, 1.54) is 5.39 Å². The summed E-state index contributed by atoms with van der Waals surface area (Å²) >= 11 is 3.34. The minimum Gasteiger partial charge on any atom is -0.398 e. The second kappa shape index (κ2) is 19.4. The van der Waals surface area contributed by atoms with E-state index in [0.29, 0.717) is 0 Å². The number of thioether (sulfide) groups is 1. The van der Waals surface area contributed by atoms with E-state index in [4.69, 9.17) is 40.2 Å². The molecular formula is C8H16B4F4N2O8S2. The van der Waals surface area contributed by atoms with Crippen LogP contribution in [-0.2, 0) is 0 Å². The van der Waals surface area contributed by atoms with Crippen LogP contribution >= 0.6 is 23.1 Å².